The predicted octanol–water partition coefficient (Wildman–Crippen LogP) is 4.62. The maximum absolute atomic E-state index is 13.8. The number of nitrogens with one attached hydrogen (secondary N) is 2. The Morgan fingerprint density at radius 1 is 1.03 bits per heavy atom. The molecule has 0 fully saturated rings. The van der Waals surface area contributed by atoms with Gasteiger partial charge < -0.3 is 5.32 Å². The molecule has 0 atom stereocenters. The van der Waals surface area contributed by atoms with Gasteiger partial charge in [0.25, 0.3) is 0 Å². The van der Waals surface area contributed by atoms with E-state index >= 15 is 0 Å². The second kappa shape index (κ2) is 8.01. The molecule has 2 aromatic heterocycles. The summed E-state index contributed by atoms with van der Waals surface area (Å²) in [6, 6.07) is 14.7. The Bertz CT molecular complexity index is 1120. The summed E-state index contributed by atoms with van der Waals surface area (Å²) in [6.07, 6.45) is 2.01. The molecule has 6 heteroatoms. The van der Waals surface area contributed by atoms with Gasteiger partial charge in [0.2, 0.25) is 0 Å². The van der Waals surface area contributed by atoms with Crippen molar-refractivity contribution in [2.24, 2.45) is 0 Å². The minimum atomic E-state index is -0.267. The van der Waals surface area contributed by atoms with Crippen molar-refractivity contribution < 1.29 is 4.39 Å². The monoisotopic (exact) mass is 389 g/mol. The van der Waals surface area contributed by atoms with Crippen LogP contribution in [0.3, 0.4) is 0 Å². The zero-order valence-electron chi connectivity index (χ0n) is 16.8. The zero-order chi connectivity index (χ0) is 20.4. The van der Waals surface area contributed by atoms with E-state index in [0.717, 1.165) is 39.5 Å². The zero-order valence-corrected chi connectivity index (χ0v) is 16.8. The summed E-state index contributed by atoms with van der Waals surface area (Å²) in [7, 11) is 0. The SMILES string of the molecule is Cc1cccc(-n2cc(CNCc3c(C)n[nH]c3C)c(-c3cccc(F)c3)n2)c1. The van der Waals surface area contributed by atoms with Gasteiger partial charge >= 0.3 is 0 Å². The number of H-pyrrole nitrogens is 1. The Morgan fingerprint density at radius 2 is 1.86 bits per heavy atom. The number of rotatable bonds is 6. The first-order valence-corrected chi connectivity index (χ1v) is 9.64. The second-order valence-corrected chi connectivity index (χ2v) is 7.31. The van der Waals surface area contributed by atoms with Gasteiger partial charge in [-0.05, 0) is 50.6 Å². The van der Waals surface area contributed by atoms with Crippen LogP contribution >= 0.6 is 0 Å². The van der Waals surface area contributed by atoms with E-state index in [9.17, 15) is 4.39 Å². The molecule has 4 rings (SSSR count). The molecule has 0 saturated heterocycles. The van der Waals surface area contributed by atoms with Crippen LogP contribution in [0, 0.1) is 26.6 Å². The molecule has 0 spiro atoms. The van der Waals surface area contributed by atoms with Crippen LogP contribution < -0.4 is 5.32 Å². The number of aromatic nitrogens is 4. The smallest absolute Gasteiger partial charge is 0.123 e. The molecule has 0 unspecified atom stereocenters. The summed E-state index contributed by atoms with van der Waals surface area (Å²) < 4.78 is 15.7. The van der Waals surface area contributed by atoms with Crippen molar-refractivity contribution in [3.05, 3.63) is 88.6 Å². The highest BCUT2D eigenvalue weighted by atomic mass is 19.1. The van der Waals surface area contributed by atoms with Gasteiger partial charge in [-0.25, -0.2) is 9.07 Å². The number of hydrogen-bond acceptors (Lipinski definition) is 3. The standard InChI is InChI=1S/C23H24FN5/c1-15-6-4-9-21(10-15)29-14-19(12-25-13-22-16(2)26-27-17(22)3)23(28-29)18-7-5-8-20(24)11-18/h4-11,14,25H,12-13H2,1-3H3,(H,26,27). The summed E-state index contributed by atoms with van der Waals surface area (Å²) in [5.41, 5.74) is 7.93. The van der Waals surface area contributed by atoms with Crippen LogP contribution in [0.1, 0.15) is 28.1 Å². The van der Waals surface area contributed by atoms with Crippen molar-refractivity contribution in [2.45, 2.75) is 33.9 Å². The fraction of sp³-hybridized carbons (Fsp3) is 0.217. The molecule has 0 bridgehead atoms. The maximum Gasteiger partial charge on any atom is 0.123 e. The largest absolute Gasteiger partial charge is 0.308 e. The lowest BCUT2D eigenvalue weighted by Crippen LogP contribution is -2.14. The lowest BCUT2D eigenvalue weighted by atomic mass is 10.1. The third kappa shape index (κ3) is 4.12. The normalized spacial score (nSPS) is 11.2. The van der Waals surface area contributed by atoms with Gasteiger partial charge in [0, 0.05) is 41.7 Å². The second-order valence-electron chi connectivity index (χ2n) is 7.31. The van der Waals surface area contributed by atoms with Crippen LogP contribution in [0.15, 0.2) is 54.7 Å². The Hall–Kier alpha value is -3.25. The number of hydrogen-bond donors (Lipinski definition) is 2. The van der Waals surface area contributed by atoms with Crippen LogP contribution in [-0.2, 0) is 13.1 Å². The van der Waals surface area contributed by atoms with E-state index in [1.165, 1.54) is 17.7 Å². The molecule has 2 heterocycles. The van der Waals surface area contributed by atoms with E-state index in [1.807, 2.05) is 42.9 Å². The Balaban J connectivity index is 1.65. The topological polar surface area (TPSA) is 58.5 Å². The summed E-state index contributed by atoms with van der Waals surface area (Å²) in [5.74, 6) is -0.267. The van der Waals surface area contributed by atoms with Gasteiger partial charge in [0.1, 0.15) is 5.82 Å². The molecule has 0 amide bonds. The summed E-state index contributed by atoms with van der Waals surface area (Å²) in [5, 5.41) is 15.5. The van der Waals surface area contributed by atoms with Gasteiger partial charge in [-0.2, -0.15) is 10.2 Å². The summed E-state index contributed by atoms with van der Waals surface area (Å²) in [6.45, 7) is 7.38. The van der Waals surface area contributed by atoms with Crippen LogP contribution in [-0.4, -0.2) is 20.0 Å². The molecule has 4 aromatic rings. The first-order valence-electron chi connectivity index (χ1n) is 9.64. The highest BCUT2D eigenvalue weighted by Crippen LogP contribution is 2.25. The molecule has 29 heavy (non-hydrogen) atoms. The number of halogens is 1. The number of nitrogens with zero attached hydrogens (tertiary/aromatic N) is 3. The van der Waals surface area contributed by atoms with Gasteiger partial charge in [-0.1, -0.05) is 24.3 Å². The Labute approximate surface area is 169 Å². The third-order valence-electron chi connectivity index (χ3n) is 5.05. The molecule has 0 saturated carbocycles. The lowest BCUT2D eigenvalue weighted by Gasteiger charge is -2.06. The van der Waals surface area contributed by atoms with Crippen molar-refractivity contribution in [3.8, 4) is 16.9 Å². The van der Waals surface area contributed by atoms with Crippen LogP contribution in [0.5, 0.6) is 0 Å². The molecular weight excluding hydrogens is 365 g/mol. The first kappa shape index (κ1) is 19.1. The number of aryl methyl sites for hydroxylation is 3. The van der Waals surface area contributed by atoms with Crippen molar-refractivity contribution in [3.63, 3.8) is 0 Å². The van der Waals surface area contributed by atoms with Crippen LogP contribution in [0.2, 0.25) is 0 Å². The van der Waals surface area contributed by atoms with Crippen molar-refractivity contribution >= 4 is 0 Å². The van der Waals surface area contributed by atoms with E-state index in [2.05, 4.69) is 34.6 Å². The average molecular weight is 389 g/mol. The molecule has 0 radical (unpaired) electrons. The van der Waals surface area contributed by atoms with Crippen LogP contribution in [0.25, 0.3) is 16.9 Å². The van der Waals surface area contributed by atoms with Gasteiger partial charge in [0.15, 0.2) is 0 Å². The minimum absolute atomic E-state index is 0.267. The highest BCUT2D eigenvalue weighted by Gasteiger charge is 2.14. The number of benzene rings is 2. The molecule has 0 aliphatic rings. The predicted molar refractivity (Wildman–Crippen MR) is 112 cm³/mol. The highest BCUT2D eigenvalue weighted by molar-refractivity contribution is 5.63. The first-order chi connectivity index (χ1) is 14.0. The molecule has 5 nitrogen and oxygen atoms in total. The minimum Gasteiger partial charge on any atom is -0.308 e. The van der Waals surface area contributed by atoms with Crippen LogP contribution in [0.4, 0.5) is 4.39 Å². The molecule has 2 N–H and O–H groups in total. The van der Waals surface area contributed by atoms with Crippen molar-refractivity contribution in [1.82, 2.24) is 25.3 Å². The van der Waals surface area contributed by atoms with E-state index < -0.39 is 0 Å². The van der Waals surface area contributed by atoms with Crippen molar-refractivity contribution in [2.75, 3.05) is 0 Å². The van der Waals surface area contributed by atoms with Gasteiger partial charge in [-0.3, -0.25) is 5.10 Å². The van der Waals surface area contributed by atoms with Gasteiger partial charge in [-0.15, -0.1) is 0 Å². The molecule has 2 aromatic carbocycles. The molecular formula is C23H24FN5. The Morgan fingerprint density at radius 3 is 2.59 bits per heavy atom. The van der Waals surface area contributed by atoms with E-state index in [0.29, 0.717) is 13.1 Å². The average Bonchev–Trinajstić information content (AvgIpc) is 3.26. The van der Waals surface area contributed by atoms with E-state index in [1.54, 1.807) is 6.07 Å². The molecule has 148 valence electrons. The summed E-state index contributed by atoms with van der Waals surface area (Å²) >= 11 is 0. The number of aromatic amines is 1. The summed E-state index contributed by atoms with van der Waals surface area (Å²) in [4.78, 5) is 0. The third-order valence-corrected chi connectivity index (χ3v) is 5.05. The fourth-order valence-corrected chi connectivity index (χ4v) is 3.48. The van der Waals surface area contributed by atoms with E-state index in [4.69, 9.17) is 5.10 Å². The fourth-order valence-electron chi connectivity index (χ4n) is 3.48. The van der Waals surface area contributed by atoms with Gasteiger partial charge in [0.05, 0.1) is 17.1 Å². The van der Waals surface area contributed by atoms with Crippen molar-refractivity contribution in [1.29, 1.82) is 0 Å². The lowest BCUT2D eigenvalue weighted by molar-refractivity contribution is 0.628. The van der Waals surface area contributed by atoms with E-state index in [-0.39, 0.29) is 5.82 Å². The Kier molecular flexibility index (Phi) is 5.27. The quantitative estimate of drug-likeness (QED) is 0.506. The molecule has 0 aliphatic heterocycles. The maximum atomic E-state index is 13.8. The molecule has 0 aliphatic carbocycles.